The molecule has 1 N–H and O–H groups in total. The van der Waals surface area contributed by atoms with E-state index < -0.39 is 0 Å². The molecule has 3 aliphatic carbocycles. The van der Waals surface area contributed by atoms with Crippen molar-refractivity contribution in [3.05, 3.63) is 12.2 Å². The van der Waals surface area contributed by atoms with Crippen LogP contribution in [0.15, 0.2) is 12.2 Å². The minimum absolute atomic E-state index is 0.143. The first-order valence-corrected chi connectivity index (χ1v) is 5.67. The van der Waals surface area contributed by atoms with Gasteiger partial charge in [0, 0.05) is 11.3 Å². The molecule has 0 aromatic rings. The average molecular weight is 199 g/mol. The molecule has 72 valence electrons. The van der Waals surface area contributed by atoms with Crippen LogP contribution in [0, 0.1) is 17.3 Å². The third kappa shape index (κ3) is 0.875. The highest BCUT2D eigenvalue weighted by Crippen LogP contribution is 2.63. The van der Waals surface area contributed by atoms with Gasteiger partial charge in [-0.05, 0) is 37.0 Å². The van der Waals surface area contributed by atoms with Crippen LogP contribution >= 0.6 is 11.6 Å². The molecule has 5 atom stereocenters. The Morgan fingerprint density at radius 2 is 2.31 bits per heavy atom. The zero-order chi connectivity index (χ0) is 9.05. The van der Waals surface area contributed by atoms with E-state index in [0.717, 1.165) is 25.2 Å². The average Bonchev–Trinajstić information content (AvgIpc) is 2.65. The van der Waals surface area contributed by atoms with Crippen molar-refractivity contribution in [2.75, 3.05) is 0 Å². The number of hydrogen-bond acceptors (Lipinski definition) is 1. The summed E-state index contributed by atoms with van der Waals surface area (Å²) in [5.41, 5.74) is 0.297. The summed E-state index contributed by atoms with van der Waals surface area (Å²) in [5, 5.41) is 10.1. The zero-order valence-corrected chi connectivity index (χ0v) is 8.37. The van der Waals surface area contributed by atoms with Gasteiger partial charge in [-0.25, -0.2) is 0 Å². The molecular formula is C11H15ClO. The van der Waals surface area contributed by atoms with Crippen molar-refractivity contribution in [2.24, 2.45) is 17.3 Å². The number of alkyl halides is 1. The fourth-order valence-electron chi connectivity index (χ4n) is 3.89. The van der Waals surface area contributed by atoms with Crippen LogP contribution in [0.1, 0.15) is 25.7 Å². The molecule has 3 rings (SSSR count). The van der Waals surface area contributed by atoms with Crippen molar-refractivity contribution in [2.45, 2.75) is 37.2 Å². The number of halogens is 1. The first kappa shape index (κ1) is 8.31. The van der Waals surface area contributed by atoms with Crippen LogP contribution < -0.4 is 0 Å². The van der Waals surface area contributed by atoms with Gasteiger partial charge in [-0.2, -0.15) is 0 Å². The first-order valence-electron chi connectivity index (χ1n) is 5.24. The number of rotatable bonds is 0. The summed E-state index contributed by atoms with van der Waals surface area (Å²) in [7, 11) is 0. The van der Waals surface area contributed by atoms with E-state index in [1.807, 2.05) is 0 Å². The Labute approximate surface area is 83.8 Å². The maximum absolute atomic E-state index is 9.89. The minimum atomic E-state index is -0.143. The highest BCUT2D eigenvalue weighted by atomic mass is 35.5. The Hall–Kier alpha value is -0.0100. The maximum Gasteiger partial charge on any atom is 0.0591 e. The minimum Gasteiger partial charge on any atom is -0.393 e. The Morgan fingerprint density at radius 1 is 1.46 bits per heavy atom. The molecular weight excluding hydrogens is 184 g/mol. The van der Waals surface area contributed by atoms with Gasteiger partial charge in [-0.1, -0.05) is 12.2 Å². The van der Waals surface area contributed by atoms with Crippen molar-refractivity contribution in [1.29, 1.82) is 0 Å². The predicted molar refractivity (Wildman–Crippen MR) is 52.7 cm³/mol. The van der Waals surface area contributed by atoms with Gasteiger partial charge in [-0.3, -0.25) is 0 Å². The van der Waals surface area contributed by atoms with Crippen molar-refractivity contribution in [1.82, 2.24) is 0 Å². The largest absolute Gasteiger partial charge is 0.393 e. The summed E-state index contributed by atoms with van der Waals surface area (Å²) in [6, 6.07) is 0. The van der Waals surface area contributed by atoms with Gasteiger partial charge in [0.15, 0.2) is 0 Å². The Kier molecular flexibility index (Phi) is 1.61. The smallest absolute Gasteiger partial charge is 0.0591 e. The highest BCUT2D eigenvalue weighted by molar-refractivity contribution is 6.21. The molecule has 1 unspecified atom stereocenters. The molecule has 0 radical (unpaired) electrons. The summed E-state index contributed by atoms with van der Waals surface area (Å²) >= 11 is 6.31. The van der Waals surface area contributed by atoms with Gasteiger partial charge < -0.3 is 5.11 Å². The number of aliphatic hydroxyl groups excluding tert-OH is 1. The highest BCUT2D eigenvalue weighted by Gasteiger charge is 2.59. The van der Waals surface area contributed by atoms with Crippen LogP contribution in [0.3, 0.4) is 0 Å². The molecule has 3 aliphatic rings. The molecule has 0 aliphatic heterocycles. The molecule has 13 heavy (non-hydrogen) atoms. The lowest BCUT2D eigenvalue weighted by atomic mass is 9.76. The molecule has 0 amide bonds. The summed E-state index contributed by atoms with van der Waals surface area (Å²) in [6.07, 6.45) is 8.90. The second-order valence-electron chi connectivity index (χ2n) is 4.83. The third-order valence-electron chi connectivity index (χ3n) is 4.42. The van der Waals surface area contributed by atoms with Gasteiger partial charge in [0.1, 0.15) is 0 Å². The van der Waals surface area contributed by atoms with E-state index in [0.29, 0.717) is 11.3 Å². The standard InChI is InChI=1S/C11H15ClO/c12-8-6-7-2-1-4-11(7)5-3-9(13)10(8)11/h1,4,7-10,13H,2-3,5-6H2/t7-,8?,9-,10+,11+/m0/s1. The molecule has 0 heterocycles. The van der Waals surface area contributed by atoms with E-state index in [4.69, 9.17) is 11.6 Å². The fraction of sp³-hybridized carbons (Fsp3) is 0.818. The summed E-state index contributed by atoms with van der Waals surface area (Å²) in [4.78, 5) is 0. The molecule has 2 heteroatoms. The molecule has 0 saturated heterocycles. The van der Waals surface area contributed by atoms with Crippen molar-refractivity contribution in [3.63, 3.8) is 0 Å². The number of allylic oxidation sites excluding steroid dienone is 2. The van der Waals surface area contributed by atoms with Crippen molar-refractivity contribution in [3.8, 4) is 0 Å². The monoisotopic (exact) mass is 198 g/mol. The number of aliphatic hydroxyl groups is 1. The van der Waals surface area contributed by atoms with E-state index >= 15 is 0 Å². The van der Waals surface area contributed by atoms with Gasteiger partial charge in [-0.15, -0.1) is 11.6 Å². The first-order chi connectivity index (χ1) is 6.24. The number of hydrogen-bond donors (Lipinski definition) is 1. The molecule has 0 aromatic carbocycles. The molecule has 1 spiro atoms. The fourth-order valence-corrected chi connectivity index (χ4v) is 4.51. The lowest BCUT2D eigenvalue weighted by Crippen LogP contribution is -2.29. The van der Waals surface area contributed by atoms with Crippen LogP contribution in [-0.4, -0.2) is 16.6 Å². The molecule has 1 nitrogen and oxygen atoms in total. The normalized spacial score (nSPS) is 58.3. The van der Waals surface area contributed by atoms with Crippen LogP contribution in [0.2, 0.25) is 0 Å². The van der Waals surface area contributed by atoms with Crippen LogP contribution in [0.5, 0.6) is 0 Å². The second-order valence-corrected chi connectivity index (χ2v) is 5.39. The van der Waals surface area contributed by atoms with E-state index in [1.54, 1.807) is 0 Å². The van der Waals surface area contributed by atoms with E-state index in [9.17, 15) is 5.11 Å². The summed E-state index contributed by atoms with van der Waals surface area (Å²) in [6.45, 7) is 0. The Balaban J connectivity index is 2.03. The SMILES string of the molecule is O[C@H]1CC[C@]23C=CC[C@H]2CC(Cl)[C@H]13. The summed E-state index contributed by atoms with van der Waals surface area (Å²) in [5.74, 6) is 1.08. The molecule has 2 saturated carbocycles. The van der Waals surface area contributed by atoms with Crippen molar-refractivity contribution < 1.29 is 5.11 Å². The quantitative estimate of drug-likeness (QED) is 0.468. The van der Waals surface area contributed by atoms with E-state index in [-0.39, 0.29) is 11.5 Å². The van der Waals surface area contributed by atoms with Gasteiger partial charge in [0.05, 0.1) is 6.10 Å². The Bertz CT molecular complexity index is 263. The second kappa shape index (κ2) is 2.52. The van der Waals surface area contributed by atoms with Gasteiger partial charge in [0.2, 0.25) is 0 Å². The van der Waals surface area contributed by atoms with Crippen LogP contribution in [0.25, 0.3) is 0 Å². The Morgan fingerprint density at radius 3 is 3.15 bits per heavy atom. The van der Waals surface area contributed by atoms with Crippen LogP contribution in [0.4, 0.5) is 0 Å². The lowest BCUT2D eigenvalue weighted by molar-refractivity contribution is 0.108. The zero-order valence-electron chi connectivity index (χ0n) is 7.62. The maximum atomic E-state index is 9.89. The molecule has 0 aromatic heterocycles. The van der Waals surface area contributed by atoms with Gasteiger partial charge >= 0.3 is 0 Å². The van der Waals surface area contributed by atoms with Gasteiger partial charge in [0.25, 0.3) is 0 Å². The van der Waals surface area contributed by atoms with Crippen LogP contribution in [-0.2, 0) is 0 Å². The van der Waals surface area contributed by atoms with E-state index in [2.05, 4.69) is 12.2 Å². The van der Waals surface area contributed by atoms with E-state index in [1.165, 1.54) is 6.42 Å². The molecule has 2 fully saturated rings. The predicted octanol–water partition coefficient (Wildman–Crippen LogP) is 2.33. The lowest BCUT2D eigenvalue weighted by Gasteiger charge is -2.29. The van der Waals surface area contributed by atoms with Crippen molar-refractivity contribution >= 4 is 11.6 Å². The molecule has 0 bridgehead atoms. The third-order valence-corrected chi connectivity index (χ3v) is 4.87. The summed E-state index contributed by atoms with van der Waals surface area (Å²) < 4.78 is 0. The topological polar surface area (TPSA) is 20.2 Å².